The molecule has 156 valence electrons. The molecule has 3 aliphatic rings. The summed E-state index contributed by atoms with van der Waals surface area (Å²) in [5.74, 6) is 2.25. The molecule has 0 radical (unpaired) electrons. The lowest BCUT2D eigenvalue weighted by molar-refractivity contribution is -0.128. The fraction of sp³-hybridized carbons (Fsp3) is 0.440. The van der Waals surface area contributed by atoms with Gasteiger partial charge in [-0.25, -0.2) is 0 Å². The summed E-state index contributed by atoms with van der Waals surface area (Å²) < 4.78 is 0. The van der Waals surface area contributed by atoms with Gasteiger partial charge in [0.05, 0.1) is 5.75 Å². The first-order valence-electron chi connectivity index (χ1n) is 11.0. The van der Waals surface area contributed by atoms with Crippen LogP contribution in [0.3, 0.4) is 0 Å². The summed E-state index contributed by atoms with van der Waals surface area (Å²) in [5, 5.41) is 3.29. The second kappa shape index (κ2) is 8.46. The fourth-order valence-corrected chi connectivity index (χ4v) is 6.56. The van der Waals surface area contributed by atoms with Crippen LogP contribution in [0, 0.1) is 11.8 Å². The van der Waals surface area contributed by atoms with Gasteiger partial charge in [0.15, 0.2) is 0 Å². The standard InChI is InChI=1S/C25H28N2O2S/c28-23-16-30-25(27(23)13-12-17-4-2-1-3-5-17)20-10-8-19(9-11-20)24(29)26-22-15-18-6-7-21(22)14-18/h1-5,8-11,18,21-22,25H,6-7,12-16H2,(H,26,29)/t18-,21-,22-,25-/m0/s1. The SMILES string of the molecule is O=C(N[C@H]1C[C@H]2CC[C@H]1C2)c1ccc([C@@H]2SCC(=O)N2CCc2ccccc2)cc1. The highest BCUT2D eigenvalue weighted by molar-refractivity contribution is 8.00. The van der Waals surface area contributed by atoms with Crippen molar-refractivity contribution in [1.29, 1.82) is 0 Å². The van der Waals surface area contributed by atoms with Gasteiger partial charge in [-0.1, -0.05) is 48.9 Å². The van der Waals surface area contributed by atoms with Crippen molar-refractivity contribution in [3.63, 3.8) is 0 Å². The van der Waals surface area contributed by atoms with E-state index in [4.69, 9.17) is 0 Å². The van der Waals surface area contributed by atoms with Crippen LogP contribution >= 0.6 is 11.8 Å². The Morgan fingerprint density at radius 3 is 2.53 bits per heavy atom. The number of nitrogens with zero attached hydrogens (tertiary/aromatic N) is 1. The van der Waals surface area contributed by atoms with Gasteiger partial charge in [-0.3, -0.25) is 9.59 Å². The zero-order valence-electron chi connectivity index (χ0n) is 17.1. The van der Waals surface area contributed by atoms with Gasteiger partial charge in [0.1, 0.15) is 5.37 Å². The van der Waals surface area contributed by atoms with Crippen LogP contribution in [-0.2, 0) is 11.2 Å². The Kier molecular flexibility index (Phi) is 5.55. The van der Waals surface area contributed by atoms with Crippen LogP contribution in [0.2, 0.25) is 0 Å². The molecule has 2 aromatic carbocycles. The number of rotatable bonds is 6. The average Bonchev–Trinajstić information content (AvgIpc) is 3.49. The minimum Gasteiger partial charge on any atom is -0.349 e. The number of benzene rings is 2. The monoisotopic (exact) mass is 420 g/mol. The van der Waals surface area contributed by atoms with E-state index in [9.17, 15) is 9.59 Å². The Bertz CT molecular complexity index is 915. The smallest absolute Gasteiger partial charge is 0.251 e. The molecule has 2 bridgehead atoms. The molecule has 4 nitrogen and oxygen atoms in total. The number of carbonyl (C=O) groups is 2. The molecular formula is C25H28N2O2S. The Morgan fingerprint density at radius 2 is 1.83 bits per heavy atom. The van der Waals surface area contributed by atoms with E-state index in [2.05, 4.69) is 17.4 Å². The largest absolute Gasteiger partial charge is 0.349 e. The van der Waals surface area contributed by atoms with Crippen molar-refractivity contribution >= 4 is 23.6 Å². The number of nitrogens with one attached hydrogen (secondary N) is 1. The zero-order valence-corrected chi connectivity index (χ0v) is 17.9. The summed E-state index contributed by atoms with van der Waals surface area (Å²) in [4.78, 5) is 27.1. The minimum atomic E-state index is 0.0314. The third-order valence-electron chi connectivity index (χ3n) is 6.96. The van der Waals surface area contributed by atoms with Crippen LogP contribution in [0.5, 0.6) is 0 Å². The third-order valence-corrected chi connectivity index (χ3v) is 8.22. The molecule has 4 atom stereocenters. The highest BCUT2D eigenvalue weighted by atomic mass is 32.2. The van der Waals surface area contributed by atoms with Gasteiger partial charge in [0, 0.05) is 18.2 Å². The Balaban J connectivity index is 1.22. The Labute approximate surface area is 182 Å². The van der Waals surface area contributed by atoms with E-state index in [1.165, 1.54) is 24.8 Å². The summed E-state index contributed by atoms with van der Waals surface area (Å²) in [6.07, 6.45) is 5.89. The molecule has 30 heavy (non-hydrogen) atoms. The third kappa shape index (κ3) is 4.00. The van der Waals surface area contributed by atoms with Crippen molar-refractivity contribution in [2.75, 3.05) is 12.3 Å². The maximum Gasteiger partial charge on any atom is 0.251 e. The van der Waals surface area contributed by atoms with Crippen LogP contribution < -0.4 is 5.32 Å². The maximum atomic E-state index is 12.7. The lowest BCUT2D eigenvalue weighted by Crippen LogP contribution is -2.38. The van der Waals surface area contributed by atoms with Gasteiger partial charge in [0.25, 0.3) is 5.91 Å². The summed E-state index contributed by atoms with van der Waals surface area (Å²) in [5.41, 5.74) is 3.05. The number of amides is 2. The van der Waals surface area contributed by atoms with Crippen molar-refractivity contribution in [3.05, 3.63) is 71.3 Å². The number of hydrogen-bond acceptors (Lipinski definition) is 3. The average molecular weight is 421 g/mol. The van der Waals surface area contributed by atoms with Crippen molar-refractivity contribution in [3.8, 4) is 0 Å². The van der Waals surface area contributed by atoms with E-state index in [0.717, 1.165) is 24.3 Å². The van der Waals surface area contributed by atoms with Crippen LogP contribution in [0.25, 0.3) is 0 Å². The Morgan fingerprint density at radius 1 is 1.03 bits per heavy atom. The predicted molar refractivity (Wildman–Crippen MR) is 120 cm³/mol. The molecule has 5 heteroatoms. The van der Waals surface area contributed by atoms with Gasteiger partial charge in [-0.15, -0.1) is 11.8 Å². The first-order valence-corrected chi connectivity index (χ1v) is 12.1. The lowest BCUT2D eigenvalue weighted by Gasteiger charge is -2.25. The topological polar surface area (TPSA) is 49.4 Å². The van der Waals surface area contributed by atoms with Crippen LogP contribution in [0.1, 0.15) is 52.5 Å². The second-order valence-corrected chi connectivity index (χ2v) is 9.93. The van der Waals surface area contributed by atoms with E-state index in [0.29, 0.717) is 29.8 Å². The van der Waals surface area contributed by atoms with Gasteiger partial charge >= 0.3 is 0 Å². The van der Waals surface area contributed by atoms with Gasteiger partial charge in [-0.2, -0.15) is 0 Å². The molecule has 0 aromatic heterocycles. The molecular weight excluding hydrogens is 392 g/mol. The molecule has 2 aliphatic carbocycles. The summed E-state index contributed by atoms with van der Waals surface area (Å²) in [6.45, 7) is 0.715. The first-order chi connectivity index (χ1) is 14.7. The first kappa shape index (κ1) is 19.7. The number of carbonyl (C=O) groups excluding carboxylic acids is 2. The summed E-state index contributed by atoms with van der Waals surface area (Å²) >= 11 is 1.67. The number of thioether (sulfide) groups is 1. The highest BCUT2D eigenvalue weighted by Crippen LogP contribution is 2.44. The van der Waals surface area contributed by atoms with Crippen molar-refractivity contribution < 1.29 is 9.59 Å². The molecule has 2 aromatic rings. The molecule has 2 saturated carbocycles. The van der Waals surface area contributed by atoms with E-state index in [1.54, 1.807) is 11.8 Å². The normalized spacial score (nSPS) is 27.6. The lowest BCUT2D eigenvalue weighted by atomic mass is 9.95. The maximum absolute atomic E-state index is 12.7. The van der Waals surface area contributed by atoms with Crippen LogP contribution in [0.15, 0.2) is 54.6 Å². The van der Waals surface area contributed by atoms with Crippen molar-refractivity contribution in [2.24, 2.45) is 11.8 Å². The molecule has 1 heterocycles. The quantitative estimate of drug-likeness (QED) is 0.753. The van der Waals surface area contributed by atoms with Crippen LogP contribution in [0.4, 0.5) is 0 Å². The molecule has 1 aliphatic heterocycles. The fourth-order valence-electron chi connectivity index (χ4n) is 5.34. The number of fused-ring (bicyclic) bond motifs is 2. The minimum absolute atomic E-state index is 0.0314. The molecule has 0 spiro atoms. The van der Waals surface area contributed by atoms with E-state index in [1.807, 2.05) is 47.4 Å². The van der Waals surface area contributed by atoms with E-state index < -0.39 is 0 Å². The highest BCUT2D eigenvalue weighted by Gasteiger charge is 2.40. The number of hydrogen-bond donors (Lipinski definition) is 1. The Hall–Kier alpha value is -2.27. The van der Waals surface area contributed by atoms with Gasteiger partial charge in [-0.05, 0) is 60.8 Å². The van der Waals surface area contributed by atoms with Crippen molar-refractivity contribution in [2.45, 2.75) is 43.5 Å². The molecule has 3 fully saturated rings. The van der Waals surface area contributed by atoms with E-state index in [-0.39, 0.29) is 17.2 Å². The van der Waals surface area contributed by atoms with Crippen LogP contribution in [-0.4, -0.2) is 35.1 Å². The summed E-state index contributed by atoms with van der Waals surface area (Å²) in [7, 11) is 0. The predicted octanol–water partition coefficient (Wildman–Crippen LogP) is 4.42. The molecule has 1 saturated heterocycles. The molecule has 5 rings (SSSR count). The second-order valence-electron chi connectivity index (χ2n) is 8.86. The van der Waals surface area contributed by atoms with E-state index >= 15 is 0 Å². The molecule has 1 N–H and O–H groups in total. The zero-order chi connectivity index (χ0) is 20.5. The molecule has 2 amide bonds. The van der Waals surface area contributed by atoms with Gasteiger partial charge < -0.3 is 10.2 Å². The van der Waals surface area contributed by atoms with Gasteiger partial charge in [0.2, 0.25) is 5.91 Å². The summed E-state index contributed by atoms with van der Waals surface area (Å²) in [6, 6.07) is 18.5. The van der Waals surface area contributed by atoms with Crippen molar-refractivity contribution in [1.82, 2.24) is 10.2 Å². The molecule has 0 unspecified atom stereocenters.